The number of imidazole rings is 1. The summed E-state index contributed by atoms with van der Waals surface area (Å²) in [6.07, 6.45) is 8.48. The Hall–Kier alpha value is -3.93. The minimum atomic E-state index is -0.181. The fourth-order valence-corrected chi connectivity index (χ4v) is 4.69. The molecule has 0 bridgehead atoms. The number of fused-ring (bicyclic) bond motifs is 2. The van der Waals surface area contributed by atoms with Crippen LogP contribution in [0.15, 0.2) is 46.2 Å². The van der Waals surface area contributed by atoms with E-state index in [1.54, 1.807) is 17.9 Å². The number of terminal acetylenes is 1. The van der Waals surface area contributed by atoms with Gasteiger partial charge in [-0.3, -0.25) is 9.36 Å². The summed E-state index contributed by atoms with van der Waals surface area (Å²) in [7, 11) is 1.77. The standard InChI is InChI=1S/C22H19N7O2/c1-3-13-4-6-14(7-5-13)28-8-15-16(9-28)18(15)20-25-17(31-26-20)10-29-12-24-21-19(22(29)30)27(2)11-23-21/h1,4-7,11-12,15-16,18H,8-10H2,2H3/t15-,16+,18?. The van der Waals surface area contributed by atoms with Crippen molar-refractivity contribution in [1.29, 1.82) is 0 Å². The van der Waals surface area contributed by atoms with Gasteiger partial charge in [0, 0.05) is 37.3 Å². The smallest absolute Gasteiger partial charge is 0.280 e. The van der Waals surface area contributed by atoms with E-state index in [1.807, 2.05) is 12.1 Å². The summed E-state index contributed by atoms with van der Waals surface area (Å²) in [5.41, 5.74) is 2.78. The zero-order valence-electron chi connectivity index (χ0n) is 16.8. The van der Waals surface area contributed by atoms with Crippen molar-refractivity contribution < 1.29 is 4.52 Å². The van der Waals surface area contributed by atoms with Gasteiger partial charge in [-0.2, -0.15) is 4.98 Å². The molecule has 154 valence electrons. The summed E-state index contributed by atoms with van der Waals surface area (Å²) >= 11 is 0. The summed E-state index contributed by atoms with van der Waals surface area (Å²) in [6, 6.07) is 8.10. The average Bonchev–Trinajstić information content (AvgIpc) is 3.21. The molecule has 1 aliphatic carbocycles. The number of hydrogen-bond acceptors (Lipinski definition) is 7. The summed E-state index contributed by atoms with van der Waals surface area (Å²) < 4.78 is 8.58. The Balaban J connectivity index is 1.15. The monoisotopic (exact) mass is 413 g/mol. The SMILES string of the molecule is C#Cc1ccc(N2C[C@@H]3C(c4noc(Cn5cnc6ncn(C)c6c5=O)n4)[C@@H]3C2)cc1. The summed E-state index contributed by atoms with van der Waals surface area (Å²) in [6.45, 7) is 2.12. The van der Waals surface area contributed by atoms with Gasteiger partial charge >= 0.3 is 0 Å². The van der Waals surface area contributed by atoms with Crippen LogP contribution in [-0.4, -0.2) is 42.3 Å². The van der Waals surface area contributed by atoms with Gasteiger partial charge in [-0.25, -0.2) is 9.97 Å². The first-order chi connectivity index (χ1) is 15.1. The topological polar surface area (TPSA) is 94.9 Å². The van der Waals surface area contributed by atoms with E-state index in [1.165, 1.54) is 16.6 Å². The van der Waals surface area contributed by atoms with Crippen molar-refractivity contribution in [2.75, 3.05) is 18.0 Å². The van der Waals surface area contributed by atoms with Gasteiger partial charge in [0.05, 0.1) is 6.33 Å². The molecule has 9 nitrogen and oxygen atoms in total. The van der Waals surface area contributed by atoms with Crippen LogP contribution in [0.2, 0.25) is 0 Å². The number of piperidine rings is 1. The second-order valence-electron chi connectivity index (χ2n) is 8.20. The minimum Gasteiger partial charge on any atom is -0.371 e. The first-order valence-electron chi connectivity index (χ1n) is 10.1. The third-order valence-corrected chi connectivity index (χ3v) is 6.38. The minimum absolute atomic E-state index is 0.181. The lowest BCUT2D eigenvalue weighted by Crippen LogP contribution is -2.23. The van der Waals surface area contributed by atoms with Crippen LogP contribution in [0, 0.1) is 24.2 Å². The molecule has 2 fully saturated rings. The van der Waals surface area contributed by atoms with Gasteiger partial charge in [0.25, 0.3) is 5.56 Å². The third-order valence-electron chi connectivity index (χ3n) is 6.38. The Morgan fingerprint density at radius 3 is 2.65 bits per heavy atom. The lowest BCUT2D eigenvalue weighted by atomic mass is 10.2. The molecule has 0 spiro atoms. The number of aromatic nitrogens is 6. The van der Waals surface area contributed by atoms with Crippen LogP contribution >= 0.6 is 0 Å². The van der Waals surface area contributed by atoms with E-state index in [-0.39, 0.29) is 12.1 Å². The predicted octanol–water partition coefficient (Wildman–Crippen LogP) is 1.39. The lowest BCUT2D eigenvalue weighted by molar-refractivity contribution is 0.363. The van der Waals surface area contributed by atoms with Crippen LogP contribution in [0.25, 0.3) is 11.2 Å². The highest BCUT2D eigenvalue weighted by molar-refractivity contribution is 5.68. The third kappa shape index (κ3) is 2.83. The largest absolute Gasteiger partial charge is 0.371 e. The second kappa shape index (κ2) is 6.54. The molecular weight excluding hydrogens is 394 g/mol. The highest BCUT2D eigenvalue weighted by Crippen LogP contribution is 2.57. The van der Waals surface area contributed by atoms with Crippen molar-refractivity contribution in [2.24, 2.45) is 18.9 Å². The van der Waals surface area contributed by atoms with Crippen LogP contribution in [0.3, 0.4) is 0 Å². The van der Waals surface area contributed by atoms with Crippen LogP contribution in [0.4, 0.5) is 5.69 Å². The summed E-state index contributed by atoms with van der Waals surface area (Å²) in [5.74, 6) is 5.15. The molecule has 1 aliphatic heterocycles. The number of aryl methyl sites for hydroxylation is 1. The van der Waals surface area contributed by atoms with Gasteiger partial charge < -0.3 is 14.0 Å². The Kier molecular flexibility index (Phi) is 3.77. The van der Waals surface area contributed by atoms with Crippen LogP contribution in [0.5, 0.6) is 0 Å². The molecule has 0 N–H and O–H groups in total. The van der Waals surface area contributed by atoms with E-state index >= 15 is 0 Å². The molecule has 4 heterocycles. The number of anilines is 1. The van der Waals surface area contributed by atoms with Crippen molar-refractivity contribution in [3.05, 3.63) is 64.6 Å². The van der Waals surface area contributed by atoms with Gasteiger partial charge in [0.15, 0.2) is 17.0 Å². The fourth-order valence-electron chi connectivity index (χ4n) is 4.69. The molecule has 1 saturated heterocycles. The molecule has 2 aliphatic rings. The molecular formula is C22H19N7O2. The summed E-state index contributed by atoms with van der Waals surface area (Å²) in [5, 5.41) is 4.20. The summed E-state index contributed by atoms with van der Waals surface area (Å²) in [4.78, 5) is 28.0. The fraction of sp³-hybridized carbons (Fsp3) is 0.318. The van der Waals surface area contributed by atoms with Crippen LogP contribution < -0.4 is 10.5 Å². The molecule has 1 saturated carbocycles. The molecule has 0 amide bonds. The van der Waals surface area contributed by atoms with E-state index in [9.17, 15) is 4.79 Å². The van der Waals surface area contributed by atoms with Gasteiger partial charge in [-0.15, -0.1) is 6.42 Å². The van der Waals surface area contributed by atoms with Crippen molar-refractivity contribution in [3.8, 4) is 12.3 Å². The van der Waals surface area contributed by atoms with Gasteiger partial charge in [-0.1, -0.05) is 11.1 Å². The maximum Gasteiger partial charge on any atom is 0.280 e. The first kappa shape index (κ1) is 17.9. The van der Waals surface area contributed by atoms with E-state index < -0.39 is 0 Å². The van der Waals surface area contributed by atoms with E-state index in [0.29, 0.717) is 34.8 Å². The van der Waals surface area contributed by atoms with Crippen molar-refractivity contribution in [1.82, 2.24) is 29.2 Å². The van der Waals surface area contributed by atoms with Crippen LogP contribution in [-0.2, 0) is 13.6 Å². The predicted molar refractivity (Wildman–Crippen MR) is 112 cm³/mol. The maximum atomic E-state index is 12.7. The molecule has 6 rings (SSSR count). The highest BCUT2D eigenvalue weighted by atomic mass is 16.5. The zero-order chi connectivity index (χ0) is 21.1. The van der Waals surface area contributed by atoms with Crippen LogP contribution in [0.1, 0.15) is 23.2 Å². The highest BCUT2D eigenvalue weighted by Gasteiger charge is 2.58. The number of rotatable bonds is 4. The van der Waals surface area contributed by atoms with Crippen molar-refractivity contribution in [2.45, 2.75) is 12.5 Å². The molecule has 3 aromatic heterocycles. The second-order valence-corrected chi connectivity index (χ2v) is 8.20. The Morgan fingerprint density at radius 1 is 1.16 bits per heavy atom. The van der Waals surface area contributed by atoms with E-state index in [2.05, 4.69) is 43.1 Å². The molecule has 3 atom stereocenters. The lowest BCUT2D eigenvalue weighted by Gasteiger charge is -2.21. The van der Waals surface area contributed by atoms with Gasteiger partial charge in [-0.05, 0) is 36.1 Å². The molecule has 4 aromatic rings. The van der Waals surface area contributed by atoms with E-state index in [0.717, 1.165) is 24.5 Å². The Bertz CT molecular complexity index is 1380. The van der Waals surface area contributed by atoms with E-state index in [4.69, 9.17) is 10.9 Å². The molecule has 1 unspecified atom stereocenters. The molecule has 0 radical (unpaired) electrons. The molecule has 9 heteroatoms. The zero-order valence-corrected chi connectivity index (χ0v) is 16.8. The molecule has 31 heavy (non-hydrogen) atoms. The Morgan fingerprint density at radius 2 is 1.90 bits per heavy atom. The number of nitrogens with zero attached hydrogens (tertiary/aromatic N) is 7. The first-order valence-corrected chi connectivity index (χ1v) is 10.1. The van der Waals surface area contributed by atoms with Gasteiger partial charge in [0.2, 0.25) is 5.89 Å². The average molecular weight is 413 g/mol. The number of hydrogen-bond donors (Lipinski definition) is 0. The van der Waals surface area contributed by atoms with Crippen molar-refractivity contribution >= 4 is 16.9 Å². The maximum absolute atomic E-state index is 12.7. The quantitative estimate of drug-likeness (QED) is 0.467. The Labute approximate surface area is 177 Å². The normalized spacial score (nSPS) is 21.9. The van der Waals surface area contributed by atoms with Crippen molar-refractivity contribution in [3.63, 3.8) is 0 Å². The molecule has 1 aromatic carbocycles. The van der Waals surface area contributed by atoms with Gasteiger partial charge in [0.1, 0.15) is 12.9 Å². The number of benzene rings is 1.